The lowest BCUT2D eigenvalue weighted by Crippen LogP contribution is -2.18. The van der Waals surface area contributed by atoms with E-state index in [-0.39, 0.29) is 0 Å². The van der Waals surface area contributed by atoms with E-state index in [0.29, 0.717) is 6.04 Å². The molecule has 1 unspecified atom stereocenters. The van der Waals surface area contributed by atoms with Gasteiger partial charge in [-0.3, -0.25) is 0 Å². The van der Waals surface area contributed by atoms with Crippen LogP contribution in [0.3, 0.4) is 0 Å². The highest BCUT2D eigenvalue weighted by atomic mass is 127. The molecule has 1 N–H and O–H groups in total. The molecule has 17 heavy (non-hydrogen) atoms. The van der Waals surface area contributed by atoms with Gasteiger partial charge in [-0.05, 0) is 59.5 Å². The predicted molar refractivity (Wildman–Crippen MR) is 84.0 cm³/mol. The van der Waals surface area contributed by atoms with Crippen molar-refractivity contribution in [2.75, 3.05) is 7.05 Å². The summed E-state index contributed by atoms with van der Waals surface area (Å²) in [6, 6.07) is 13.0. The number of hydrogen-bond acceptors (Lipinski definition) is 2. The zero-order valence-electron chi connectivity index (χ0n) is 9.41. The smallest absolute Gasteiger partial charge is 0.0931 e. The molecule has 90 valence electrons. The Morgan fingerprint density at radius 1 is 1.24 bits per heavy atom. The standard InChI is InChI=1S/C13H13ClINS/c1-16-12(8-11-6-7-13(14)17-11)9-2-4-10(15)5-3-9/h2-7,12,16H,8H2,1H3. The molecule has 1 aromatic carbocycles. The summed E-state index contributed by atoms with van der Waals surface area (Å²) in [5, 5.41) is 3.36. The van der Waals surface area contributed by atoms with Crippen molar-refractivity contribution in [2.45, 2.75) is 12.5 Å². The van der Waals surface area contributed by atoms with Crippen molar-refractivity contribution < 1.29 is 0 Å². The third-order valence-corrected chi connectivity index (χ3v) is 4.63. The molecule has 1 nitrogen and oxygen atoms in total. The van der Waals surface area contributed by atoms with Crippen molar-refractivity contribution >= 4 is 45.5 Å². The van der Waals surface area contributed by atoms with Gasteiger partial charge in [0.1, 0.15) is 0 Å². The first-order chi connectivity index (χ1) is 8.19. The van der Waals surface area contributed by atoms with Gasteiger partial charge in [-0.2, -0.15) is 0 Å². The molecule has 0 bridgehead atoms. The van der Waals surface area contributed by atoms with Gasteiger partial charge >= 0.3 is 0 Å². The predicted octanol–water partition coefficient (Wildman–Crippen LogP) is 4.51. The second kappa shape index (κ2) is 6.18. The Morgan fingerprint density at radius 2 is 1.94 bits per heavy atom. The Labute approximate surface area is 124 Å². The van der Waals surface area contributed by atoms with Crippen LogP contribution in [0.25, 0.3) is 0 Å². The van der Waals surface area contributed by atoms with Crippen LogP contribution in [-0.2, 0) is 6.42 Å². The normalized spacial score (nSPS) is 12.6. The molecule has 2 aromatic rings. The average molecular weight is 378 g/mol. The summed E-state index contributed by atoms with van der Waals surface area (Å²) in [6.07, 6.45) is 0.981. The molecule has 2 rings (SSSR count). The number of rotatable bonds is 4. The van der Waals surface area contributed by atoms with E-state index >= 15 is 0 Å². The van der Waals surface area contributed by atoms with E-state index < -0.39 is 0 Å². The van der Waals surface area contributed by atoms with Gasteiger partial charge in [0.2, 0.25) is 0 Å². The van der Waals surface area contributed by atoms with Crippen LogP contribution in [0.2, 0.25) is 4.34 Å². The molecule has 0 saturated heterocycles. The van der Waals surface area contributed by atoms with E-state index in [2.05, 4.69) is 58.2 Å². The summed E-state index contributed by atoms with van der Waals surface area (Å²) in [6.45, 7) is 0. The van der Waals surface area contributed by atoms with Gasteiger partial charge in [-0.1, -0.05) is 23.7 Å². The minimum absolute atomic E-state index is 0.349. The van der Waals surface area contributed by atoms with Crippen molar-refractivity contribution in [3.8, 4) is 0 Å². The summed E-state index contributed by atoms with van der Waals surface area (Å²) < 4.78 is 2.12. The monoisotopic (exact) mass is 377 g/mol. The van der Waals surface area contributed by atoms with Crippen LogP contribution in [0, 0.1) is 3.57 Å². The maximum Gasteiger partial charge on any atom is 0.0931 e. The molecule has 0 aliphatic heterocycles. The number of hydrogen-bond donors (Lipinski definition) is 1. The van der Waals surface area contributed by atoms with E-state index in [9.17, 15) is 0 Å². The SMILES string of the molecule is CNC(Cc1ccc(Cl)s1)c1ccc(I)cc1. The van der Waals surface area contributed by atoms with Crippen molar-refractivity contribution in [3.63, 3.8) is 0 Å². The van der Waals surface area contributed by atoms with Crippen LogP contribution in [-0.4, -0.2) is 7.05 Å². The van der Waals surface area contributed by atoms with Crippen molar-refractivity contribution in [3.05, 3.63) is 54.7 Å². The lowest BCUT2D eigenvalue weighted by Gasteiger charge is -2.15. The number of thiophene rings is 1. The van der Waals surface area contributed by atoms with Crippen LogP contribution in [0.4, 0.5) is 0 Å². The fourth-order valence-corrected chi connectivity index (χ4v) is 3.24. The zero-order chi connectivity index (χ0) is 12.3. The molecule has 0 radical (unpaired) electrons. The molecule has 0 amide bonds. The molecular weight excluding hydrogens is 365 g/mol. The van der Waals surface area contributed by atoms with Gasteiger partial charge in [-0.25, -0.2) is 0 Å². The lowest BCUT2D eigenvalue weighted by atomic mass is 10.0. The topological polar surface area (TPSA) is 12.0 Å². The number of halogens is 2. The lowest BCUT2D eigenvalue weighted by molar-refractivity contribution is 0.596. The second-order valence-corrected chi connectivity index (χ2v) is 6.85. The molecule has 1 heterocycles. The first-order valence-corrected chi connectivity index (χ1v) is 7.63. The van der Waals surface area contributed by atoms with Crippen molar-refractivity contribution in [1.82, 2.24) is 5.32 Å². The van der Waals surface area contributed by atoms with E-state index in [4.69, 9.17) is 11.6 Å². The van der Waals surface area contributed by atoms with E-state index in [0.717, 1.165) is 10.8 Å². The molecule has 0 spiro atoms. The Bertz CT molecular complexity index is 480. The summed E-state index contributed by atoms with van der Waals surface area (Å²) in [5.41, 5.74) is 1.32. The van der Waals surface area contributed by atoms with Gasteiger partial charge in [-0.15, -0.1) is 11.3 Å². The summed E-state index contributed by atoms with van der Waals surface area (Å²) >= 11 is 9.93. The van der Waals surface area contributed by atoms with Crippen molar-refractivity contribution in [1.29, 1.82) is 0 Å². The fourth-order valence-electron chi connectivity index (χ4n) is 1.74. The molecule has 0 fully saturated rings. The van der Waals surface area contributed by atoms with Gasteiger partial charge in [0.05, 0.1) is 4.34 Å². The maximum absolute atomic E-state index is 5.95. The van der Waals surface area contributed by atoms with E-state index in [1.165, 1.54) is 14.0 Å². The molecule has 0 saturated carbocycles. The minimum Gasteiger partial charge on any atom is -0.313 e. The van der Waals surface area contributed by atoms with Gasteiger partial charge < -0.3 is 5.32 Å². The van der Waals surface area contributed by atoms with E-state index in [1.807, 2.05) is 13.1 Å². The Balaban J connectivity index is 2.13. The van der Waals surface area contributed by atoms with Gasteiger partial charge in [0, 0.05) is 20.9 Å². The van der Waals surface area contributed by atoms with Crippen molar-refractivity contribution in [2.24, 2.45) is 0 Å². The van der Waals surface area contributed by atoms with Gasteiger partial charge in [0.15, 0.2) is 0 Å². The Morgan fingerprint density at radius 3 is 2.47 bits per heavy atom. The molecule has 1 atom stereocenters. The first-order valence-electron chi connectivity index (χ1n) is 5.36. The average Bonchev–Trinajstić information content (AvgIpc) is 2.73. The second-order valence-electron chi connectivity index (χ2n) is 3.80. The summed E-state index contributed by atoms with van der Waals surface area (Å²) in [4.78, 5) is 1.31. The van der Waals surface area contributed by atoms with Gasteiger partial charge in [0.25, 0.3) is 0 Å². The highest BCUT2D eigenvalue weighted by Gasteiger charge is 2.11. The summed E-state index contributed by atoms with van der Waals surface area (Å²) in [7, 11) is 2.00. The molecule has 1 aromatic heterocycles. The summed E-state index contributed by atoms with van der Waals surface area (Å²) in [5.74, 6) is 0. The molecular formula is C13H13ClINS. The molecule has 0 aliphatic rings. The maximum atomic E-state index is 5.95. The van der Waals surface area contributed by atoms with Crippen LogP contribution in [0.15, 0.2) is 36.4 Å². The number of nitrogens with one attached hydrogen (secondary N) is 1. The quantitative estimate of drug-likeness (QED) is 0.773. The first kappa shape index (κ1) is 13.3. The third-order valence-electron chi connectivity index (χ3n) is 2.66. The minimum atomic E-state index is 0.349. The van der Waals surface area contributed by atoms with Crippen LogP contribution >= 0.6 is 45.5 Å². The largest absolute Gasteiger partial charge is 0.313 e. The van der Waals surface area contributed by atoms with Crippen LogP contribution < -0.4 is 5.32 Å². The van der Waals surface area contributed by atoms with Crippen LogP contribution in [0.5, 0.6) is 0 Å². The third kappa shape index (κ3) is 3.68. The highest BCUT2D eigenvalue weighted by molar-refractivity contribution is 14.1. The highest BCUT2D eigenvalue weighted by Crippen LogP contribution is 2.26. The zero-order valence-corrected chi connectivity index (χ0v) is 13.1. The molecule has 4 heteroatoms. The van der Waals surface area contributed by atoms with E-state index in [1.54, 1.807) is 11.3 Å². The molecule has 0 aliphatic carbocycles. The Hall–Kier alpha value is -0.100. The van der Waals surface area contributed by atoms with Crippen LogP contribution in [0.1, 0.15) is 16.5 Å². The fraction of sp³-hybridized carbons (Fsp3) is 0.231. The number of likely N-dealkylation sites (N-methyl/N-ethyl adjacent to an activating group) is 1. The Kier molecular flexibility index (Phi) is 4.85. The number of benzene rings is 1.